The van der Waals surface area contributed by atoms with Crippen LogP contribution in [0.15, 0.2) is 0 Å². The molecule has 0 spiro atoms. The Morgan fingerprint density at radius 2 is 2.11 bits per heavy atom. The van der Waals surface area contributed by atoms with Gasteiger partial charge in [-0.25, -0.2) is 18.3 Å². The van der Waals surface area contributed by atoms with Gasteiger partial charge in [-0.3, -0.25) is 0 Å². The Morgan fingerprint density at radius 1 is 1.42 bits per heavy atom. The molecule has 1 aliphatic rings. The van der Waals surface area contributed by atoms with Crippen LogP contribution in [0.2, 0.25) is 0 Å². The van der Waals surface area contributed by atoms with Gasteiger partial charge in [0.25, 0.3) is 6.43 Å². The fraction of sp³-hybridized carbons (Fsp3) is 0.750. The highest BCUT2D eigenvalue weighted by molar-refractivity contribution is 5.88. The lowest BCUT2D eigenvalue weighted by molar-refractivity contribution is 0.0506. The van der Waals surface area contributed by atoms with Gasteiger partial charge in [0.05, 0.1) is 12.6 Å². The first-order chi connectivity index (χ1) is 9.15. The van der Waals surface area contributed by atoms with Crippen LogP contribution in [-0.4, -0.2) is 27.6 Å². The first kappa shape index (κ1) is 13.9. The quantitative estimate of drug-likeness (QED) is 0.791. The van der Waals surface area contributed by atoms with E-state index in [2.05, 4.69) is 10.3 Å². The van der Waals surface area contributed by atoms with Gasteiger partial charge in [-0.05, 0) is 19.8 Å². The van der Waals surface area contributed by atoms with E-state index < -0.39 is 18.1 Å². The zero-order valence-corrected chi connectivity index (χ0v) is 10.8. The van der Waals surface area contributed by atoms with Crippen molar-refractivity contribution in [3.63, 3.8) is 0 Å². The summed E-state index contributed by atoms with van der Waals surface area (Å²) in [6.07, 6.45) is 1.90. The van der Waals surface area contributed by atoms with E-state index in [1.807, 2.05) is 0 Å². The Labute approximate surface area is 109 Å². The largest absolute Gasteiger partial charge is 0.461 e. The summed E-state index contributed by atoms with van der Waals surface area (Å²) in [5, 5.41) is 7.34. The van der Waals surface area contributed by atoms with Crippen molar-refractivity contribution >= 4 is 5.97 Å². The second kappa shape index (κ2) is 6.08. The molecule has 7 heteroatoms. The molecule has 1 aromatic heterocycles. The van der Waals surface area contributed by atoms with Crippen LogP contribution in [0.25, 0.3) is 0 Å². The van der Waals surface area contributed by atoms with E-state index in [-0.39, 0.29) is 18.3 Å². The summed E-state index contributed by atoms with van der Waals surface area (Å²) in [4.78, 5) is 11.6. The number of carbonyl (C=O) groups is 1. The topological polar surface area (TPSA) is 57.0 Å². The third-order valence-corrected chi connectivity index (χ3v) is 3.33. The molecule has 0 unspecified atom stereocenters. The van der Waals surface area contributed by atoms with E-state index in [1.165, 1.54) is 4.68 Å². The third kappa shape index (κ3) is 2.90. The Hall–Kier alpha value is -1.53. The molecule has 0 radical (unpaired) electrons. The van der Waals surface area contributed by atoms with Crippen molar-refractivity contribution in [2.75, 3.05) is 6.61 Å². The fourth-order valence-electron chi connectivity index (χ4n) is 2.44. The summed E-state index contributed by atoms with van der Waals surface area (Å²) in [7, 11) is 0. The van der Waals surface area contributed by atoms with Crippen molar-refractivity contribution in [3.8, 4) is 0 Å². The summed E-state index contributed by atoms with van der Waals surface area (Å²) in [6.45, 7) is 1.74. The third-order valence-electron chi connectivity index (χ3n) is 3.33. The SMILES string of the molecule is CCOC(=O)c1nnn(C2CCCCC2)c1C(F)F. The minimum Gasteiger partial charge on any atom is -0.461 e. The van der Waals surface area contributed by atoms with Crippen LogP contribution >= 0.6 is 0 Å². The van der Waals surface area contributed by atoms with Gasteiger partial charge in [0.2, 0.25) is 0 Å². The van der Waals surface area contributed by atoms with Gasteiger partial charge in [0.1, 0.15) is 5.69 Å². The van der Waals surface area contributed by atoms with Gasteiger partial charge in [-0.2, -0.15) is 0 Å². The Balaban J connectivity index is 2.30. The molecule has 1 aliphatic carbocycles. The summed E-state index contributed by atoms with van der Waals surface area (Å²) >= 11 is 0. The summed E-state index contributed by atoms with van der Waals surface area (Å²) in [5.74, 6) is -0.833. The number of alkyl halides is 2. The summed E-state index contributed by atoms with van der Waals surface area (Å²) in [5.41, 5.74) is -0.771. The number of nitrogens with zero attached hydrogens (tertiary/aromatic N) is 3. The molecule has 0 atom stereocenters. The molecule has 0 N–H and O–H groups in total. The molecular formula is C12H17F2N3O2. The lowest BCUT2D eigenvalue weighted by Crippen LogP contribution is -2.18. The number of aromatic nitrogens is 3. The maximum Gasteiger partial charge on any atom is 0.361 e. The normalized spacial score (nSPS) is 16.8. The van der Waals surface area contributed by atoms with Crippen LogP contribution in [0.5, 0.6) is 0 Å². The molecule has 0 amide bonds. The van der Waals surface area contributed by atoms with Crippen molar-refractivity contribution in [2.24, 2.45) is 0 Å². The molecular weight excluding hydrogens is 256 g/mol. The number of carbonyl (C=O) groups excluding carboxylic acids is 1. The molecule has 2 rings (SSSR count). The van der Waals surface area contributed by atoms with E-state index in [1.54, 1.807) is 6.92 Å². The van der Waals surface area contributed by atoms with Crippen LogP contribution in [0, 0.1) is 0 Å². The number of ether oxygens (including phenoxy) is 1. The van der Waals surface area contributed by atoms with Crippen molar-refractivity contribution in [3.05, 3.63) is 11.4 Å². The smallest absolute Gasteiger partial charge is 0.361 e. The number of rotatable bonds is 4. The molecule has 0 saturated heterocycles. The van der Waals surface area contributed by atoms with Gasteiger partial charge in [-0.15, -0.1) is 5.10 Å². The van der Waals surface area contributed by atoms with Crippen LogP contribution in [0.1, 0.15) is 67.7 Å². The van der Waals surface area contributed by atoms with E-state index in [4.69, 9.17) is 4.74 Å². The molecule has 5 nitrogen and oxygen atoms in total. The average Bonchev–Trinajstić information content (AvgIpc) is 2.85. The zero-order valence-electron chi connectivity index (χ0n) is 10.8. The van der Waals surface area contributed by atoms with E-state index in [0.717, 1.165) is 32.1 Å². The van der Waals surface area contributed by atoms with Gasteiger partial charge < -0.3 is 4.74 Å². The van der Waals surface area contributed by atoms with Gasteiger partial charge in [-0.1, -0.05) is 24.5 Å². The van der Waals surface area contributed by atoms with Crippen LogP contribution in [0.3, 0.4) is 0 Å². The van der Waals surface area contributed by atoms with Crippen molar-refractivity contribution < 1.29 is 18.3 Å². The standard InChI is InChI=1S/C12H17F2N3O2/c1-2-19-12(18)9-10(11(13)14)17(16-15-9)8-6-4-3-5-7-8/h8,11H,2-7H2,1H3. The van der Waals surface area contributed by atoms with E-state index in [0.29, 0.717) is 0 Å². The molecule has 0 aliphatic heterocycles. The molecule has 1 fully saturated rings. The molecule has 1 aromatic rings. The molecule has 1 heterocycles. The zero-order chi connectivity index (χ0) is 13.8. The number of hydrogen-bond donors (Lipinski definition) is 0. The molecule has 0 aromatic carbocycles. The summed E-state index contributed by atoms with van der Waals surface area (Å²) in [6, 6.07) is -0.0894. The van der Waals surface area contributed by atoms with E-state index in [9.17, 15) is 13.6 Å². The molecule has 19 heavy (non-hydrogen) atoms. The number of esters is 1. The fourth-order valence-corrected chi connectivity index (χ4v) is 2.44. The first-order valence-corrected chi connectivity index (χ1v) is 6.55. The second-order valence-corrected chi connectivity index (χ2v) is 4.58. The number of halogens is 2. The number of hydrogen-bond acceptors (Lipinski definition) is 4. The highest BCUT2D eigenvalue weighted by Crippen LogP contribution is 2.32. The average molecular weight is 273 g/mol. The maximum atomic E-state index is 13.2. The lowest BCUT2D eigenvalue weighted by atomic mass is 9.95. The van der Waals surface area contributed by atoms with Crippen molar-refractivity contribution in [1.82, 2.24) is 15.0 Å². The van der Waals surface area contributed by atoms with Gasteiger partial charge in [0.15, 0.2) is 5.69 Å². The first-order valence-electron chi connectivity index (χ1n) is 6.55. The molecule has 106 valence electrons. The van der Waals surface area contributed by atoms with E-state index >= 15 is 0 Å². The predicted octanol–water partition coefficient (Wildman–Crippen LogP) is 2.90. The van der Waals surface area contributed by atoms with Crippen molar-refractivity contribution in [2.45, 2.75) is 51.5 Å². The van der Waals surface area contributed by atoms with Crippen LogP contribution < -0.4 is 0 Å². The minimum absolute atomic E-state index is 0.0894. The minimum atomic E-state index is -2.78. The highest BCUT2D eigenvalue weighted by Gasteiger charge is 2.31. The molecule has 0 bridgehead atoms. The highest BCUT2D eigenvalue weighted by atomic mass is 19.3. The molecule has 1 saturated carbocycles. The van der Waals surface area contributed by atoms with Gasteiger partial charge >= 0.3 is 5.97 Å². The van der Waals surface area contributed by atoms with Crippen LogP contribution in [-0.2, 0) is 4.74 Å². The Kier molecular flexibility index (Phi) is 4.44. The van der Waals surface area contributed by atoms with Crippen molar-refractivity contribution in [1.29, 1.82) is 0 Å². The van der Waals surface area contributed by atoms with Crippen LogP contribution in [0.4, 0.5) is 8.78 Å². The Morgan fingerprint density at radius 3 is 2.68 bits per heavy atom. The Bertz CT molecular complexity index is 442. The summed E-state index contributed by atoms with van der Waals surface area (Å²) < 4.78 is 32.3. The maximum absolute atomic E-state index is 13.2. The second-order valence-electron chi connectivity index (χ2n) is 4.58. The monoisotopic (exact) mass is 273 g/mol. The lowest BCUT2D eigenvalue weighted by Gasteiger charge is -2.23. The van der Waals surface area contributed by atoms with Gasteiger partial charge in [0, 0.05) is 0 Å². The predicted molar refractivity (Wildman–Crippen MR) is 63.1 cm³/mol.